The van der Waals surface area contributed by atoms with Crippen molar-refractivity contribution >= 4 is 17.5 Å². The van der Waals surface area contributed by atoms with E-state index in [1.54, 1.807) is 4.90 Å². The van der Waals surface area contributed by atoms with Gasteiger partial charge in [-0.15, -0.1) is 0 Å². The van der Waals surface area contributed by atoms with Crippen LogP contribution in [0.25, 0.3) is 0 Å². The summed E-state index contributed by atoms with van der Waals surface area (Å²) in [4.78, 5) is 27.4. The average Bonchev–Trinajstić information content (AvgIpc) is 2.76. The van der Waals surface area contributed by atoms with Crippen LogP contribution >= 0.6 is 0 Å². The van der Waals surface area contributed by atoms with E-state index in [1.807, 2.05) is 12.1 Å². The Kier molecular flexibility index (Phi) is 3.34. The summed E-state index contributed by atoms with van der Waals surface area (Å²) in [5.74, 6) is 0.409. The molecule has 20 heavy (non-hydrogen) atoms. The molecule has 2 amide bonds. The van der Waals surface area contributed by atoms with Crippen molar-refractivity contribution in [3.63, 3.8) is 0 Å². The molecule has 1 aromatic rings. The van der Waals surface area contributed by atoms with Crippen LogP contribution in [0.5, 0.6) is 0 Å². The van der Waals surface area contributed by atoms with Crippen molar-refractivity contribution in [1.29, 1.82) is 0 Å². The zero-order valence-electron chi connectivity index (χ0n) is 11.6. The zero-order valence-corrected chi connectivity index (χ0v) is 11.6. The standard InChI is InChI=1S/C15H19N3O2/c1-11-8-18(13-5-3-2-4-12(11)13)10-15(20)17-7-6-16-14(19)9-17/h2-5,11H,6-10H2,1H3,(H,16,19). The number of hydrogen-bond donors (Lipinski definition) is 1. The van der Waals surface area contributed by atoms with Crippen LogP contribution in [0.3, 0.4) is 0 Å². The molecular weight excluding hydrogens is 254 g/mol. The maximum Gasteiger partial charge on any atom is 0.242 e. The van der Waals surface area contributed by atoms with Crippen LogP contribution in [-0.2, 0) is 9.59 Å². The predicted octanol–water partition coefficient (Wildman–Crippen LogP) is 0.568. The number of piperazine rings is 1. The Morgan fingerprint density at radius 3 is 3.00 bits per heavy atom. The van der Waals surface area contributed by atoms with Crippen LogP contribution < -0.4 is 10.2 Å². The molecule has 2 aliphatic rings. The fraction of sp³-hybridized carbons (Fsp3) is 0.467. The minimum Gasteiger partial charge on any atom is -0.361 e. The number of nitrogens with one attached hydrogen (secondary N) is 1. The number of rotatable bonds is 2. The normalized spacial score (nSPS) is 21.6. The van der Waals surface area contributed by atoms with Gasteiger partial charge in [-0.3, -0.25) is 9.59 Å². The summed E-state index contributed by atoms with van der Waals surface area (Å²) in [5.41, 5.74) is 2.45. The van der Waals surface area contributed by atoms with Crippen LogP contribution in [0.2, 0.25) is 0 Å². The van der Waals surface area contributed by atoms with Crippen LogP contribution in [0.1, 0.15) is 18.4 Å². The summed E-state index contributed by atoms with van der Waals surface area (Å²) in [6.45, 7) is 4.74. The van der Waals surface area contributed by atoms with Crippen molar-refractivity contribution in [3.8, 4) is 0 Å². The van der Waals surface area contributed by atoms with Gasteiger partial charge in [0.05, 0.1) is 13.1 Å². The molecular formula is C15H19N3O2. The molecule has 2 aliphatic heterocycles. The fourth-order valence-electron chi connectivity index (χ4n) is 2.98. The molecule has 106 valence electrons. The van der Waals surface area contributed by atoms with Crippen molar-refractivity contribution in [2.75, 3.05) is 37.6 Å². The molecule has 0 bridgehead atoms. The van der Waals surface area contributed by atoms with Crippen LogP contribution in [0.15, 0.2) is 24.3 Å². The van der Waals surface area contributed by atoms with Crippen molar-refractivity contribution in [2.24, 2.45) is 0 Å². The Labute approximate surface area is 118 Å². The minimum atomic E-state index is -0.0696. The third-order valence-corrected chi connectivity index (χ3v) is 4.02. The average molecular weight is 273 g/mol. The van der Waals surface area contributed by atoms with Gasteiger partial charge in [0.1, 0.15) is 0 Å². The van der Waals surface area contributed by atoms with E-state index in [-0.39, 0.29) is 18.4 Å². The van der Waals surface area contributed by atoms with E-state index in [0.29, 0.717) is 25.6 Å². The maximum absolute atomic E-state index is 12.3. The predicted molar refractivity (Wildman–Crippen MR) is 76.7 cm³/mol. The lowest BCUT2D eigenvalue weighted by Crippen LogP contribution is -2.52. The lowest BCUT2D eigenvalue weighted by atomic mass is 10.0. The quantitative estimate of drug-likeness (QED) is 0.857. The highest BCUT2D eigenvalue weighted by atomic mass is 16.2. The van der Waals surface area contributed by atoms with Crippen molar-refractivity contribution in [2.45, 2.75) is 12.8 Å². The molecule has 0 aliphatic carbocycles. The molecule has 2 heterocycles. The highest BCUT2D eigenvalue weighted by molar-refractivity contribution is 5.88. The number of hydrogen-bond acceptors (Lipinski definition) is 3. The number of nitrogens with zero attached hydrogens (tertiary/aromatic N) is 2. The highest BCUT2D eigenvalue weighted by Gasteiger charge is 2.29. The van der Waals surface area contributed by atoms with Gasteiger partial charge in [0.2, 0.25) is 11.8 Å². The molecule has 1 unspecified atom stereocenters. The molecule has 1 atom stereocenters. The Balaban J connectivity index is 1.70. The minimum absolute atomic E-state index is 0.0313. The van der Waals surface area contributed by atoms with Gasteiger partial charge >= 0.3 is 0 Å². The molecule has 3 rings (SSSR count). The highest BCUT2D eigenvalue weighted by Crippen LogP contribution is 2.35. The molecule has 1 fully saturated rings. The molecule has 5 heteroatoms. The summed E-state index contributed by atoms with van der Waals surface area (Å²) in [6.07, 6.45) is 0. The van der Waals surface area contributed by atoms with E-state index in [0.717, 1.165) is 12.2 Å². The van der Waals surface area contributed by atoms with E-state index in [4.69, 9.17) is 0 Å². The molecule has 1 N–H and O–H groups in total. The fourth-order valence-corrected chi connectivity index (χ4v) is 2.98. The van der Waals surface area contributed by atoms with Gasteiger partial charge in [-0.05, 0) is 11.6 Å². The smallest absolute Gasteiger partial charge is 0.242 e. The number of para-hydroxylation sites is 1. The molecule has 0 aromatic heterocycles. The summed E-state index contributed by atoms with van der Waals surface area (Å²) in [7, 11) is 0. The van der Waals surface area contributed by atoms with Crippen LogP contribution in [0.4, 0.5) is 5.69 Å². The second-order valence-electron chi connectivity index (χ2n) is 5.51. The molecule has 0 radical (unpaired) electrons. The van der Waals surface area contributed by atoms with Gasteiger partial charge in [0, 0.05) is 31.2 Å². The summed E-state index contributed by atoms with van der Waals surface area (Å²) < 4.78 is 0. The Hall–Kier alpha value is -2.04. The van der Waals surface area contributed by atoms with E-state index in [9.17, 15) is 9.59 Å². The Bertz CT molecular complexity index is 544. The largest absolute Gasteiger partial charge is 0.361 e. The monoisotopic (exact) mass is 273 g/mol. The molecule has 1 saturated heterocycles. The number of carbonyl (C=O) groups is 2. The first-order valence-corrected chi connectivity index (χ1v) is 7.03. The van der Waals surface area contributed by atoms with Gasteiger partial charge in [-0.2, -0.15) is 0 Å². The van der Waals surface area contributed by atoms with Crippen LogP contribution in [0, 0.1) is 0 Å². The van der Waals surface area contributed by atoms with Crippen molar-refractivity contribution in [1.82, 2.24) is 10.2 Å². The molecule has 1 aromatic carbocycles. The van der Waals surface area contributed by atoms with E-state index in [1.165, 1.54) is 5.56 Å². The van der Waals surface area contributed by atoms with Crippen molar-refractivity contribution < 1.29 is 9.59 Å². The molecule has 0 spiro atoms. The van der Waals surface area contributed by atoms with E-state index < -0.39 is 0 Å². The van der Waals surface area contributed by atoms with Gasteiger partial charge in [-0.1, -0.05) is 25.1 Å². The lowest BCUT2D eigenvalue weighted by molar-refractivity contribution is -0.137. The zero-order chi connectivity index (χ0) is 14.1. The van der Waals surface area contributed by atoms with Gasteiger partial charge in [0.25, 0.3) is 0 Å². The van der Waals surface area contributed by atoms with Crippen LogP contribution in [-0.4, -0.2) is 49.4 Å². The second-order valence-corrected chi connectivity index (χ2v) is 5.51. The Morgan fingerprint density at radius 2 is 2.20 bits per heavy atom. The number of fused-ring (bicyclic) bond motifs is 1. The van der Waals surface area contributed by atoms with E-state index in [2.05, 4.69) is 29.3 Å². The second kappa shape index (κ2) is 5.15. The first-order chi connectivity index (χ1) is 9.65. The maximum atomic E-state index is 12.3. The summed E-state index contributed by atoms with van der Waals surface area (Å²) in [5, 5.41) is 2.74. The van der Waals surface area contributed by atoms with Gasteiger partial charge in [0.15, 0.2) is 0 Å². The van der Waals surface area contributed by atoms with Crippen molar-refractivity contribution in [3.05, 3.63) is 29.8 Å². The number of anilines is 1. The number of carbonyl (C=O) groups excluding carboxylic acids is 2. The SMILES string of the molecule is CC1CN(CC(=O)N2CCNC(=O)C2)c2ccccc21. The lowest BCUT2D eigenvalue weighted by Gasteiger charge is -2.29. The molecule has 5 nitrogen and oxygen atoms in total. The number of benzene rings is 1. The topological polar surface area (TPSA) is 52.7 Å². The van der Waals surface area contributed by atoms with Gasteiger partial charge < -0.3 is 15.1 Å². The van der Waals surface area contributed by atoms with E-state index >= 15 is 0 Å². The summed E-state index contributed by atoms with van der Waals surface area (Å²) in [6, 6.07) is 8.23. The van der Waals surface area contributed by atoms with Gasteiger partial charge in [-0.25, -0.2) is 0 Å². The summed E-state index contributed by atoms with van der Waals surface area (Å²) >= 11 is 0. The Morgan fingerprint density at radius 1 is 1.40 bits per heavy atom. The molecule has 0 saturated carbocycles. The first kappa shape index (κ1) is 13.0. The first-order valence-electron chi connectivity index (χ1n) is 7.03. The third-order valence-electron chi connectivity index (χ3n) is 4.02. The third kappa shape index (κ3) is 2.35. The number of amides is 2.